The number of fused-ring (bicyclic) bond motifs is 1. The van der Waals surface area contributed by atoms with Gasteiger partial charge < -0.3 is 20.1 Å². The summed E-state index contributed by atoms with van der Waals surface area (Å²) in [6, 6.07) is 8.58. The van der Waals surface area contributed by atoms with Crippen LogP contribution >= 0.6 is 0 Å². The number of pyridine rings is 2. The highest BCUT2D eigenvalue weighted by Gasteiger charge is 2.27. The van der Waals surface area contributed by atoms with Gasteiger partial charge >= 0.3 is 0 Å². The molecule has 0 aliphatic carbocycles. The fourth-order valence-electron chi connectivity index (χ4n) is 4.00. The van der Waals surface area contributed by atoms with Crippen molar-refractivity contribution in [2.24, 2.45) is 0 Å². The number of morpholine rings is 1. The average molecular weight is 467 g/mol. The minimum atomic E-state index is -0.729. The highest BCUT2D eigenvalue weighted by molar-refractivity contribution is 6.04. The van der Waals surface area contributed by atoms with Gasteiger partial charge in [0.05, 0.1) is 54.2 Å². The molecule has 2 aromatic heterocycles. The predicted octanol–water partition coefficient (Wildman–Crippen LogP) is 3.12. The number of rotatable bonds is 7. The van der Waals surface area contributed by atoms with Crippen molar-refractivity contribution in [2.75, 3.05) is 44.8 Å². The number of nitrogens with one attached hydrogen (secondary N) is 2. The molecule has 0 saturated carbocycles. The molecule has 4 heterocycles. The van der Waals surface area contributed by atoms with Crippen LogP contribution in [0.15, 0.2) is 42.6 Å². The SMILES string of the molecule is O=C1NCc2nc(-c3c(F)cccc3F)cc(Nc3ccc(OCCN4CCOCC4)cn3)c21. The molecule has 8 nitrogen and oxygen atoms in total. The van der Waals surface area contributed by atoms with Crippen molar-refractivity contribution in [3.63, 3.8) is 0 Å². The lowest BCUT2D eigenvalue weighted by Gasteiger charge is -2.26. The summed E-state index contributed by atoms with van der Waals surface area (Å²) in [5, 5.41) is 5.78. The van der Waals surface area contributed by atoms with Gasteiger partial charge in [0.1, 0.15) is 29.8 Å². The maximum absolute atomic E-state index is 14.4. The van der Waals surface area contributed by atoms with Crippen LogP contribution in [0.1, 0.15) is 16.1 Å². The Morgan fingerprint density at radius 1 is 1.12 bits per heavy atom. The van der Waals surface area contributed by atoms with E-state index in [2.05, 4.69) is 25.5 Å². The summed E-state index contributed by atoms with van der Waals surface area (Å²) in [6.07, 6.45) is 1.58. The van der Waals surface area contributed by atoms with Crippen LogP contribution in [0.4, 0.5) is 20.3 Å². The normalized spacial score (nSPS) is 15.6. The van der Waals surface area contributed by atoms with Gasteiger partial charge in [-0.05, 0) is 30.3 Å². The topological polar surface area (TPSA) is 88.6 Å². The number of hydrogen-bond donors (Lipinski definition) is 2. The number of carbonyl (C=O) groups excluding carboxylic acids is 1. The van der Waals surface area contributed by atoms with Crippen LogP contribution in [-0.4, -0.2) is 60.2 Å². The van der Waals surface area contributed by atoms with E-state index in [0.717, 1.165) is 32.8 Å². The van der Waals surface area contributed by atoms with Crippen LogP contribution < -0.4 is 15.4 Å². The van der Waals surface area contributed by atoms with E-state index in [9.17, 15) is 13.6 Å². The molecule has 2 aliphatic heterocycles. The molecule has 1 fully saturated rings. The molecule has 176 valence electrons. The Morgan fingerprint density at radius 2 is 1.91 bits per heavy atom. The Labute approximate surface area is 194 Å². The number of amides is 1. The van der Waals surface area contributed by atoms with E-state index in [1.54, 1.807) is 18.3 Å². The van der Waals surface area contributed by atoms with E-state index in [1.807, 2.05) is 0 Å². The number of nitrogens with zero attached hydrogens (tertiary/aromatic N) is 3. The molecule has 3 aromatic rings. The monoisotopic (exact) mass is 467 g/mol. The highest BCUT2D eigenvalue weighted by atomic mass is 19.1. The van der Waals surface area contributed by atoms with Crippen molar-refractivity contribution in [1.29, 1.82) is 0 Å². The van der Waals surface area contributed by atoms with E-state index >= 15 is 0 Å². The molecular formula is C24H23F2N5O3. The summed E-state index contributed by atoms with van der Waals surface area (Å²) in [6.45, 7) is 4.78. The highest BCUT2D eigenvalue weighted by Crippen LogP contribution is 2.33. The number of benzene rings is 1. The number of anilines is 2. The van der Waals surface area contributed by atoms with Crippen molar-refractivity contribution >= 4 is 17.4 Å². The van der Waals surface area contributed by atoms with E-state index in [1.165, 1.54) is 24.3 Å². The molecule has 0 spiro atoms. The van der Waals surface area contributed by atoms with Gasteiger partial charge in [-0.3, -0.25) is 9.69 Å². The average Bonchev–Trinajstić information content (AvgIpc) is 3.22. The lowest BCUT2D eigenvalue weighted by Crippen LogP contribution is -2.38. The third-order valence-corrected chi connectivity index (χ3v) is 5.74. The number of ether oxygens (including phenoxy) is 2. The molecule has 2 N–H and O–H groups in total. The van der Waals surface area contributed by atoms with Gasteiger partial charge in [0.15, 0.2) is 0 Å². The van der Waals surface area contributed by atoms with Crippen molar-refractivity contribution in [3.8, 4) is 17.0 Å². The lowest BCUT2D eigenvalue weighted by molar-refractivity contribution is 0.0322. The molecule has 1 aromatic carbocycles. The third-order valence-electron chi connectivity index (χ3n) is 5.74. The molecule has 5 rings (SSSR count). The molecule has 0 atom stereocenters. The lowest BCUT2D eigenvalue weighted by atomic mass is 10.1. The molecule has 1 saturated heterocycles. The Balaban J connectivity index is 1.33. The van der Waals surface area contributed by atoms with Gasteiger partial charge in [0.2, 0.25) is 0 Å². The molecule has 34 heavy (non-hydrogen) atoms. The summed E-state index contributed by atoms with van der Waals surface area (Å²) in [5.41, 5.74) is 0.955. The summed E-state index contributed by atoms with van der Waals surface area (Å²) in [5.74, 6) is -0.701. The van der Waals surface area contributed by atoms with Gasteiger partial charge in [-0.1, -0.05) is 6.07 Å². The van der Waals surface area contributed by atoms with Gasteiger partial charge in [0.25, 0.3) is 5.91 Å². The summed E-state index contributed by atoms with van der Waals surface area (Å²) >= 11 is 0. The second kappa shape index (κ2) is 9.70. The summed E-state index contributed by atoms with van der Waals surface area (Å²) < 4.78 is 39.9. The van der Waals surface area contributed by atoms with Gasteiger partial charge in [-0.25, -0.2) is 18.7 Å². The fraction of sp³-hybridized carbons (Fsp3) is 0.292. The molecule has 0 bridgehead atoms. The first-order chi connectivity index (χ1) is 16.6. The van der Waals surface area contributed by atoms with E-state index in [-0.39, 0.29) is 23.7 Å². The minimum Gasteiger partial charge on any atom is -0.491 e. The molecule has 0 unspecified atom stereocenters. The van der Waals surface area contributed by atoms with E-state index in [0.29, 0.717) is 35.1 Å². The first-order valence-electron chi connectivity index (χ1n) is 11.0. The van der Waals surface area contributed by atoms with Crippen molar-refractivity contribution in [1.82, 2.24) is 20.2 Å². The van der Waals surface area contributed by atoms with Gasteiger partial charge in [-0.2, -0.15) is 0 Å². The first-order valence-corrected chi connectivity index (χ1v) is 11.0. The molecule has 2 aliphatic rings. The van der Waals surface area contributed by atoms with E-state index in [4.69, 9.17) is 9.47 Å². The van der Waals surface area contributed by atoms with Gasteiger partial charge in [0, 0.05) is 19.6 Å². The molecule has 10 heteroatoms. The van der Waals surface area contributed by atoms with Crippen LogP contribution in [0.2, 0.25) is 0 Å². The zero-order chi connectivity index (χ0) is 23.5. The fourth-order valence-corrected chi connectivity index (χ4v) is 4.00. The predicted molar refractivity (Wildman–Crippen MR) is 121 cm³/mol. The molecular weight excluding hydrogens is 444 g/mol. The minimum absolute atomic E-state index is 0.0939. The Morgan fingerprint density at radius 3 is 2.65 bits per heavy atom. The number of hydrogen-bond acceptors (Lipinski definition) is 7. The number of halogens is 2. The van der Waals surface area contributed by atoms with Crippen LogP contribution in [-0.2, 0) is 11.3 Å². The van der Waals surface area contributed by atoms with Gasteiger partial charge in [-0.15, -0.1) is 0 Å². The largest absolute Gasteiger partial charge is 0.491 e. The first kappa shape index (κ1) is 22.2. The maximum atomic E-state index is 14.4. The maximum Gasteiger partial charge on any atom is 0.255 e. The van der Waals surface area contributed by atoms with Crippen molar-refractivity contribution < 1.29 is 23.0 Å². The summed E-state index contributed by atoms with van der Waals surface area (Å²) in [7, 11) is 0. The molecule has 1 amide bonds. The van der Waals surface area contributed by atoms with Crippen LogP contribution in [0.5, 0.6) is 5.75 Å². The molecule has 0 radical (unpaired) electrons. The zero-order valence-corrected chi connectivity index (χ0v) is 18.3. The number of carbonyl (C=O) groups is 1. The zero-order valence-electron chi connectivity index (χ0n) is 18.3. The standard InChI is InChI=1S/C24H23F2N5O3/c25-16-2-1-3-17(26)22(16)18-12-19(23-20(29-18)14-28-24(23)32)30-21-5-4-15(13-27-21)34-11-8-31-6-9-33-10-7-31/h1-5,12-13H,6-11,14H2,(H,28,32)(H,27,29,30). The second-order valence-electron chi connectivity index (χ2n) is 7.96. The van der Waals surface area contributed by atoms with Crippen LogP contribution in [0.25, 0.3) is 11.3 Å². The third kappa shape index (κ3) is 4.68. The second-order valence-corrected chi connectivity index (χ2v) is 7.96. The summed E-state index contributed by atoms with van der Waals surface area (Å²) in [4.78, 5) is 23.3. The van der Waals surface area contributed by atoms with Crippen molar-refractivity contribution in [2.45, 2.75) is 6.54 Å². The smallest absolute Gasteiger partial charge is 0.255 e. The quantitative estimate of drug-likeness (QED) is 0.552. The number of aromatic nitrogens is 2. The van der Waals surface area contributed by atoms with E-state index < -0.39 is 11.6 Å². The van der Waals surface area contributed by atoms with Crippen molar-refractivity contribution in [3.05, 3.63) is 65.5 Å². The Bertz CT molecular complexity index is 1180. The Hall–Kier alpha value is -3.63. The Kier molecular flexibility index (Phi) is 6.33. The van der Waals surface area contributed by atoms with Crippen LogP contribution in [0.3, 0.4) is 0 Å². The van der Waals surface area contributed by atoms with Crippen LogP contribution in [0, 0.1) is 11.6 Å².